The van der Waals surface area contributed by atoms with E-state index in [9.17, 15) is 0 Å². The number of rotatable bonds is 4. The van der Waals surface area contributed by atoms with Gasteiger partial charge in [0.1, 0.15) is 0 Å². The summed E-state index contributed by atoms with van der Waals surface area (Å²) < 4.78 is 1.80. The van der Waals surface area contributed by atoms with Gasteiger partial charge in [-0.1, -0.05) is 18.2 Å². The van der Waals surface area contributed by atoms with Gasteiger partial charge in [-0.3, -0.25) is 4.90 Å². The van der Waals surface area contributed by atoms with E-state index in [0.717, 1.165) is 37.7 Å². The number of aromatic nitrogens is 4. The van der Waals surface area contributed by atoms with Crippen molar-refractivity contribution in [2.24, 2.45) is 11.7 Å². The summed E-state index contributed by atoms with van der Waals surface area (Å²) in [4.78, 5) is 2.36. The first-order valence-electron chi connectivity index (χ1n) is 6.62. The van der Waals surface area contributed by atoms with E-state index < -0.39 is 0 Å². The van der Waals surface area contributed by atoms with E-state index >= 15 is 0 Å². The molecule has 100 valence electrons. The van der Waals surface area contributed by atoms with Gasteiger partial charge in [-0.25, -0.2) is 0 Å². The van der Waals surface area contributed by atoms with Gasteiger partial charge >= 0.3 is 0 Å². The molecule has 1 aromatic heterocycles. The molecule has 1 fully saturated rings. The second-order valence-corrected chi connectivity index (χ2v) is 4.97. The molecule has 1 aliphatic rings. The van der Waals surface area contributed by atoms with E-state index in [1.807, 2.05) is 30.3 Å². The van der Waals surface area contributed by atoms with E-state index in [4.69, 9.17) is 5.73 Å². The molecule has 2 heterocycles. The Balaban J connectivity index is 1.75. The lowest BCUT2D eigenvalue weighted by Gasteiger charge is -2.14. The average Bonchev–Trinajstić information content (AvgIpc) is 3.09. The van der Waals surface area contributed by atoms with E-state index in [1.165, 1.54) is 6.42 Å². The third kappa shape index (κ3) is 2.64. The van der Waals surface area contributed by atoms with Gasteiger partial charge in [0.15, 0.2) is 5.82 Å². The Labute approximate surface area is 112 Å². The Bertz CT molecular complexity index is 523. The fourth-order valence-corrected chi connectivity index (χ4v) is 2.52. The molecule has 1 aromatic carbocycles. The zero-order valence-corrected chi connectivity index (χ0v) is 10.8. The lowest BCUT2D eigenvalue weighted by molar-refractivity contribution is 0.307. The van der Waals surface area contributed by atoms with Gasteiger partial charge in [-0.15, -0.1) is 5.10 Å². The van der Waals surface area contributed by atoms with Gasteiger partial charge in [-0.2, -0.15) is 4.68 Å². The highest BCUT2D eigenvalue weighted by Crippen LogP contribution is 2.17. The van der Waals surface area contributed by atoms with Gasteiger partial charge in [0, 0.05) is 6.54 Å². The Morgan fingerprint density at radius 2 is 2.11 bits per heavy atom. The molecule has 19 heavy (non-hydrogen) atoms. The first-order valence-corrected chi connectivity index (χ1v) is 6.62. The van der Waals surface area contributed by atoms with Crippen molar-refractivity contribution < 1.29 is 0 Å². The molecule has 0 saturated carbocycles. The predicted molar refractivity (Wildman–Crippen MR) is 71.6 cm³/mol. The Morgan fingerprint density at radius 3 is 2.84 bits per heavy atom. The Hall–Kier alpha value is -1.79. The predicted octanol–water partition coefficient (Wildman–Crippen LogP) is 0.443. The smallest absolute Gasteiger partial charge is 0.170 e. The van der Waals surface area contributed by atoms with Crippen LogP contribution >= 0.6 is 0 Å². The molecule has 2 aromatic rings. The monoisotopic (exact) mass is 258 g/mol. The van der Waals surface area contributed by atoms with Crippen LogP contribution in [0.1, 0.15) is 12.2 Å². The van der Waals surface area contributed by atoms with Crippen molar-refractivity contribution >= 4 is 0 Å². The number of para-hydroxylation sites is 1. The zero-order valence-electron chi connectivity index (χ0n) is 10.8. The topological polar surface area (TPSA) is 72.9 Å². The minimum atomic E-state index is 0.612. The van der Waals surface area contributed by atoms with Crippen LogP contribution in [0.15, 0.2) is 30.3 Å². The first-order chi connectivity index (χ1) is 9.36. The molecular formula is C13H18N6. The molecule has 0 radical (unpaired) electrons. The molecule has 6 nitrogen and oxygen atoms in total. The van der Waals surface area contributed by atoms with Gasteiger partial charge in [0.25, 0.3) is 0 Å². The molecule has 0 bridgehead atoms. The maximum Gasteiger partial charge on any atom is 0.170 e. The number of likely N-dealkylation sites (tertiary alicyclic amines) is 1. The van der Waals surface area contributed by atoms with Gasteiger partial charge in [0.2, 0.25) is 0 Å². The van der Waals surface area contributed by atoms with Crippen LogP contribution in [0.2, 0.25) is 0 Å². The van der Waals surface area contributed by atoms with Crippen LogP contribution in [0.25, 0.3) is 5.69 Å². The van der Waals surface area contributed by atoms with Crippen LogP contribution in [0.4, 0.5) is 0 Å². The fraction of sp³-hybridized carbons (Fsp3) is 0.462. The van der Waals surface area contributed by atoms with Crippen molar-refractivity contribution in [3.8, 4) is 5.69 Å². The minimum absolute atomic E-state index is 0.612. The lowest BCUT2D eigenvalue weighted by Crippen LogP contribution is -2.24. The largest absolute Gasteiger partial charge is 0.330 e. The van der Waals surface area contributed by atoms with Crippen molar-refractivity contribution in [2.45, 2.75) is 13.0 Å². The molecule has 6 heteroatoms. The molecule has 3 rings (SSSR count). The molecule has 0 spiro atoms. The summed E-state index contributed by atoms with van der Waals surface area (Å²) in [6.07, 6.45) is 1.17. The summed E-state index contributed by atoms with van der Waals surface area (Å²) in [6, 6.07) is 9.97. The minimum Gasteiger partial charge on any atom is -0.330 e. The van der Waals surface area contributed by atoms with Gasteiger partial charge in [-0.05, 0) is 48.0 Å². The molecule has 1 aliphatic heterocycles. The quantitative estimate of drug-likeness (QED) is 0.861. The summed E-state index contributed by atoms with van der Waals surface area (Å²) in [5.74, 6) is 1.49. The number of benzene rings is 1. The average molecular weight is 258 g/mol. The molecule has 1 saturated heterocycles. The number of nitrogens with zero attached hydrogens (tertiary/aromatic N) is 5. The highest BCUT2D eigenvalue weighted by molar-refractivity contribution is 5.30. The highest BCUT2D eigenvalue weighted by atomic mass is 15.5. The van der Waals surface area contributed by atoms with Crippen LogP contribution in [-0.2, 0) is 6.54 Å². The van der Waals surface area contributed by atoms with E-state index in [1.54, 1.807) is 4.68 Å². The molecule has 1 atom stereocenters. The second-order valence-electron chi connectivity index (χ2n) is 4.97. The second kappa shape index (κ2) is 5.46. The number of hydrogen-bond donors (Lipinski definition) is 1. The molecule has 0 aliphatic carbocycles. The molecule has 2 N–H and O–H groups in total. The number of nitrogens with two attached hydrogens (primary N) is 1. The van der Waals surface area contributed by atoms with Crippen molar-refractivity contribution in [3.05, 3.63) is 36.2 Å². The SMILES string of the molecule is NCC1CCN(Cc2nnnn2-c2ccccc2)C1. The van der Waals surface area contributed by atoms with Crippen LogP contribution in [-0.4, -0.2) is 44.7 Å². The summed E-state index contributed by atoms with van der Waals surface area (Å²) >= 11 is 0. The standard InChI is InChI=1S/C13H18N6/c14-8-11-6-7-18(9-11)10-13-15-16-17-19(13)12-4-2-1-3-5-12/h1-5,11H,6-10,14H2. The van der Waals surface area contributed by atoms with E-state index in [0.29, 0.717) is 5.92 Å². The zero-order chi connectivity index (χ0) is 13.1. The van der Waals surface area contributed by atoms with E-state index in [2.05, 4.69) is 20.4 Å². The lowest BCUT2D eigenvalue weighted by atomic mass is 10.1. The molecular weight excluding hydrogens is 240 g/mol. The van der Waals surface area contributed by atoms with Crippen LogP contribution in [0.3, 0.4) is 0 Å². The van der Waals surface area contributed by atoms with Crippen molar-refractivity contribution in [1.29, 1.82) is 0 Å². The first kappa shape index (κ1) is 12.3. The highest BCUT2D eigenvalue weighted by Gasteiger charge is 2.23. The summed E-state index contributed by atoms with van der Waals surface area (Å²) in [7, 11) is 0. The maximum atomic E-state index is 5.72. The Kier molecular flexibility index (Phi) is 3.52. The number of tetrazole rings is 1. The summed E-state index contributed by atoms with van der Waals surface area (Å²) in [5, 5.41) is 12.0. The van der Waals surface area contributed by atoms with Gasteiger partial charge in [0.05, 0.1) is 12.2 Å². The van der Waals surface area contributed by atoms with Crippen LogP contribution in [0, 0.1) is 5.92 Å². The summed E-state index contributed by atoms with van der Waals surface area (Å²) in [5.41, 5.74) is 6.72. The van der Waals surface area contributed by atoms with Crippen molar-refractivity contribution in [2.75, 3.05) is 19.6 Å². The third-order valence-corrected chi connectivity index (χ3v) is 3.60. The van der Waals surface area contributed by atoms with Crippen LogP contribution < -0.4 is 5.73 Å². The summed E-state index contributed by atoms with van der Waals surface area (Å²) in [6.45, 7) is 3.65. The van der Waals surface area contributed by atoms with E-state index in [-0.39, 0.29) is 0 Å². The van der Waals surface area contributed by atoms with Crippen LogP contribution in [0.5, 0.6) is 0 Å². The molecule has 1 unspecified atom stereocenters. The van der Waals surface area contributed by atoms with Gasteiger partial charge < -0.3 is 5.73 Å². The fourth-order valence-electron chi connectivity index (χ4n) is 2.52. The Morgan fingerprint density at radius 1 is 1.26 bits per heavy atom. The third-order valence-electron chi connectivity index (χ3n) is 3.60. The van der Waals surface area contributed by atoms with Crippen molar-refractivity contribution in [3.63, 3.8) is 0 Å². The van der Waals surface area contributed by atoms with Crippen molar-refractivity contribution in [1.82, 2.24) is 25.1 Å². The molecule has 0 amide bonds. The maximum absolute atomic E-state index is 5.72. The number of hydrogen-bond acceptors (Lipinski definition) is 5. The normalized spacial score (nSPS) is 19.9.